The van der Waals surface area contributed by atoms with Crippen molar-refractivity contribution >= 4 is 68.1 Å². The number of hydrogen-bond donors (Lipinski definition) is 0. The average molecular weight is 487 g/mol. The molecule has 0 spiro atoms. The van der Waals surface area contributed by atoms with Crippen molar-refractivity contribution in [3.05, 3.63) is 66.9 Å². The summed E-state index contributed by atoms with van der Waals surface area (Å²) in [4.78, 5) is 26.6. The van der Waals surface area contributed by atoms with Crippen molar-refractivity contribution in [2.75, 3.05) is 6.61 Å². The molecule has 1 saturated heterocycles. The fourth-order valence-electron chi connectivity index (χ4n) is 2.53. The molecule has 140 valence electrons. The summed E-state index contributed by atoms with van der Waals surface area (Å²) >= 11 is 16.5. The van der Waals surface area contributed by atoms with Gasteiger partial charge in [-0.15, -0.1) is 0 Å². The molecule has 0 bridgehead atoms. The molecule has 2 aromatic carbocycles. The van der Waals surface area contributed by atoms with E-state index in [1.807, 2.05) is 31.2 Å². The summed E-state index contributed by atoms with van der Waals surface area (Å²) in [6.07, 6.45) is 1.59. The van der Waals surface area contributed by atoms with Crippen molar-refractivity contribution in [1.82, 2.24) is 4.90 Å². The highest BCUT2D eigenvalue weighted by atomic mass is 79.9. The lowest BCUT2D eigenvalue weighted by Gasteiger charge is -2.13. The number of halogens is 3. The molecule has 1 fully saturated rings. The summed E-state index contributed by atoms with van der Waals surface area (Å²) < 4.78 is 6.50. The van der Waals surface area contributed by atoms with Crippen molar-refractivity contribution in [1.29, 1.82) is 0 Å². The second kappa shape index (κ2) is 8.69. The Morgan fingerprint density at radius 2 is 1.89 bits per heavy atom. The maximum absolute atomic E-state index is 12.7. The zero-order chi connectivity index (χ0) is 19.6. The number of hydrogen-bond acceptors (Lipinski definition) is 4. The predicted molar refractivity (Wildman–Crippen MR) is 113 cm³/mol. The van der Waals surface area contributed by atoms with Crippen molar-refractivity contribution < 1.29 is 14.3 Å². The second-order valence-electron chi connectivity index (χ2n) is 5.63. The van der Waals surface area contributed by atoms with Crippen LogP contribution in [0, 0.1) is 0 Å². The van der Waals surface area contributed by atoms with E-state index in [0.29, 0.717) is 32.9 Å². The standard InChI is InChI=1S/C19H14BrCl2NO3S/c1-2-26-17-12(7-14(21)9-15(17)22)8-16-18(24)23(19(25)27-16)10-11-3-5-13(20)6-4-11/h3-9H,2,10H2,1H3/b16-8-. The number of nitrogens with zero attached hydrogens (tertiary/aromatic N) is 1. The summed E-state index contributed by atoms with van der Waals surface area (Å²) in [6, 6.07) is 10.7. The van der Waals surface area contributed by atoms with Crippen molar-refractivity contribution in [2.24, 2.45) is 0 Å². The Morgan fingerprint density at radius 3 is 2.56 bits per heavy atom. The molecule has 3 rings (SSSR count). The van der Waals surface area contributed by atoms with Crippen molar-refractivity contribution in [3.63, 3.8) is 0 Å². The first-order chi connectivity index (χ1) is 12.9. The van der Waals surface area contributed by atoms with Gasteiger partial charge in [0.15, 0.2) is 0 Å². The number of amides is 2. The highest BCUT2D eigenvalue weighted by molar-refractivity contribution is 9.10. The van der Waals surface area contributed by atoms with Gasteiger partial charge < -0.3 is 4.74 Å². The fourth-order valence-corrected chi connectivity index (χ4v) is 4.19. The maximum Gasteiger partial charge on any atom is 0.293 e. The van der Waals surface area contributed by atoms with Crippen LogP contribution in [0.25, 0.3) is 6.08 Å². The molecule has 2 aromatic rings. The van der Waals surface area contributed by atoms with Crippen molar-refractivity contribution in [2.45, 2.75) is 13.5 Å². The van der Waals surface area contributed by atoms with Gasteiger partial charge in [0.05, 0.1) is 23.1 Å². The first kappa shape index (κ1) is 20.3. The third-order valence-electron chi connectivity index (χ3n) is 3.74. The molecule has 1 aliphatic heterocycles. The third-order valence-corrected chi connectivity index (χ3v) is 5.67. The number of rotatable bonds is 5. The molecule has 0 unspecified atom stereocenters. The van der Waals surface area contributed by atoms with Crippen molar-refractivity contribution in [3.8, 4) is 5.75 Å². The molecule has 2 amide bonds. The lowest BCUT2D eigenvalue weighted by atomic mass is 10.1. The van der Waals surface area contributed by atoms with Gasteiger partial charge in [0.1, 0.15) is 5.75 Å². The van der Waals surface area contributed by atoms with Gasteiger partial charge in [0.25, 0.3) is 11.1 Å². The van der Waals surface area contributed by atoms with E-state index in [4.69, 9.17) is 27.9 Å². The molecular weight excluding hydrogens is 473 g/mol. The van der Waals surface area contributed by atoms with Crippen LogP contribution >= 0.6 is 50.9 Å². The Morgan fingerprint density at radius 1 is 1.19 bits per heavy atom. The van der Waals surface area contributed by atoms with E-state index in [9.17, 15) is 9.59 Å². The largest absolute Gasteiger partial charge is 0.492 e. The molecule has 8 heteroatoms. The lowest BCUT2D eigenvalue weighted by Crippen LogP contribution is -2.27. The molecule has 0 aliphatic carbocycles. The van der Waals surface area contributed by atoms with Gasteiger partial charge >= 0.3 is 0 Å². The zero-order valence-corrected chi connectivity index (χ0v) is 18.1. The zero-order valence-electron chi connectivity index (χ0n) is 14.2. The Kier molecular flexibility index (Phi) is 6.52. The van der Waals surface area contributed by atoms with Crippen LogP contribution in [0.4, 0.5) is 4.79 Å². The van der Waals surface area contributed by atoms with E-state index in [-0.39, 0.29) is 17.7 Å². The second-order valence-corrected chi connectivity index (χ2v) is 8.39. The van der Waals surface area contributed by atoms with Crippen LogP contribution in [0.15, 0.2) is 45.8 Å². The van der Waals surface area contributed by atoms with Crippen LogP contribution in [0.5, 0.6) is 5.75 Å². The Labute approximate surface area is 179 Å². The molecule has 0 N–H and O–H groups in total. The summed E-state index contributed by atoms with van der Waals surface area (Å²) in [5, 5.41) is 0.453. The Balaban J connectivity index is 1.89. The number of ether oxygens (including phenoxy) is 1. The van der Waals surface area contributed by atoms with E-state index in [1.165, 1.54) is 4.90 Å². The minimum Gasteiger partial charge on any atom is -0.492 e. The van der Waals surface area contributed by atoms with Gasteiger partial charge in [-0.25, -0.2) is 0 Å². The maximum atomic E-state index is 12.7. The van der Waals surface area contributed by atoms with Gasteiger partial charge in [-0.2, -0.15) is 0 Å². The quantitative estimate of drug-likeness (QED) is 0.459. The lowest BCUT2D eigenvalue weighted by molar-refractivity contribution is -0.123. The molecule has 0 saturated carbocycles. The van der Waals surface area contributed by atoms with Gasteiger partial charge in [-0.1, -0.05) is 51.3 Å². The molecule has 0 radical (unpaired) electrons. The number of imide groups is 1. The number of thioether (sulfide) groups is 1. The summed E-state index contributed by atoms with van der Waals surface area (Å²) in [5.41, 5.74) is 1.42. The van der Waals surface area contributed by atoms with E-state index < -0.39 is 0 Å². The van der Waals surface area contributed by atoms with Crippen LogP contribution in [0.1, 0.15) is 18.1 Å². The van der Waals surface area contributed by atoms with E-state index >= 15 is 0 Å². The molecule has 27 heavy (non-hydrogen) atoms. The molecular formula is C19H14BrCl2NO3S. The molecule has 0 atom stereocenters. The van der Waals surface area contributed by atoms with E-state index in [2.05, 4.69) is 15.9 Å². The average Bonchev–Trinajstić information content (AvgIpc) is 2.87. The fraction of sp³-hybridized carbons (Fsp3) is 0.158. The van der Waals surface area contributed by atoms with Crippen LogP contribution in [-0.2, 0) is 11.3 Å². The monoisotopic (exact) mass is 485 g/mol. The highest BCUT2D eigenvalue weighted by Gasteiger charge is 2.35. The van der Waals surface area contributed by atoms with Gasteiger partial charge in [-0.05, 0) is 54.6 Å². The normalized spacial score (nSPS) is 15.7. The first-order valence-electron chi connectivity index (χ1n) is 8.00. The minimum absolute atomic E-state index is 0.212. The van der Waals surface area contributed by atoms with Gasteiger partial charge in [0, 0.05) is 15.1 Å². The van der Waals surface area contributed by atoms with Gasteiger partial charge in [-0.3, -0.25) is 14.5 Å². The van der Waals surface area contributed by atoms with Gasteiger partial charge in [0.2, 0.25) is 0 Å². The number of carbonyl (C=O) groups excluding carboxylic acids is 2. The topological polar surface area (TPSA) is 46.6 Å². The summed E-state index contributed by atoms with van der Waals surface area (Å²) in [6.45, 7) is 2.46. The predicted octanol–water partition coefficient (Wildman–Crippen LogP) is 6.39. The SMILES string of the molecule is CCOc1c(Cl)cc(Cl)cc1/C=C1\SC(=O)N(Cc2ccc(Br)cc2)C1=O. The molecule has 1 aliphatic rings. The minimum atomic E-state index is -0.355. The summed E-state index contributed by atoms with van der Waals surface area (Å²) in [7, 11) is 0. The highest BCUT2D eigenvalue weighted by Crippen LogP contribution is 2.38. The molecule has 4 nitrogen and oxygen atoms in total. The van der Waals surface area contributed by atoms with E-state index in [0.717, 1.165) is 21.8 Å². The van der Waals surface area contributed by atoms with Crippen LogP contribution in [-0.4, -0.2) is 22.7 Å². The summed E-state index contributed by atoms with van der Waals surface area (Å²) in [5.74, 6) is 0.0785. The first-order valence-corrected chi connectivity index (χ1v) is 10.4. The number of carbonyl (C=O) groups is 2. The van der Waals surface area contributed by atoms with Crippen LogP contribution < -0.4 is 4.74 Å². The molecule has 0 aromatic heterocycles. The molecule has 1 heterocycles. The van der Waals surface area contributed by atoms with Crippen LogP contribution in [0.3, 0.4) is 0 Å². The smallest absolute Gasteiger partial charge is 0.293 e. The van der Waals surface area contributed by atoms with E-state index in [1.54, 1.807) is 18.2 Å². The van der Waals surface area contributed by atoms with Crippen LogP contribution in [0.2, 0.25) is 10.0 Å². The Hall–Kier alpha value is -1.47. The Bertz CT molecular complexity index is 931. The number of benzene rings is 2. The third kappa shape index (κ3) is 4.69.